The zero-order valence-electron chi connectivity index (χ0n) is 16.9. The summed E-state index contributed by atoms with van der Waals surface area (Å²) in [5.74, 6) is 0. The Morgan fingerprint density at radius 3 is 2.08 bits per heavy atom. The molecule has 0 unspecified atom stereocenters. The van der Waals surface area contributed by atoms with Gasteiger partial charge in [0.1, 0.15) is 0 Å². The highest BCUT2D eigenvalue weighted by atomic mass is 35.5. The molecule has 0 aromatic heterocycles. The summed E-state index contributed by atoms with van der Waals surface area (Å²) in [5.41, 5.74) is 1.08. The number of hydrogen-bond donors (Lipinski definition) is 1. The highest BCUT2D eigenvalue weighted by Crippen LogP contribution is 2.37. The number of benzene rings is 1. The van der Waals surface area contributed by atoms with E-state index in [0.717, 1.165) is 12.0 Å². The van der Waals surface area contributed by atoms with Crippen LogP contribution in [-0.4, -0.2) is 23.9 Å². The molecule has 0 bridgehead atoms. The average Bonchev–Trinajstić information content (AvgIpc) is 2.44. The Hall–Kier alpha value is -0.203. The maximum atomic E-state index is 12.6. The van der Waals surface area contributed by atoms with Crippen molar-refractivity contribution >= 4 is 30.9 Å². The molecule has 2 atom stereocenters. The van der Waals surface area contributed by atoms with E-state index in [1.807, 2.05) is 45.0 Å². The third kappa shape index (κ3) is 7.14. The summed E-state index contributed by atoms with van der Waals surface area (Å²) in [5, 5.41) is 0.890. The SMILES string of the molecule is CC(C)(C)[S@](=O)N[C@H](CCO[Si](C)(C)C(C)(C)C)c1ccc(Cl)cc1. The van der Waals surface area contributed by atoms with Crippen molar-refractivity contribution in [1.29, 1.82) is 0 Å². The van der Waals surface area contributed by atoms with Gasteiger partial charge in [0.05, 0.1) is 15.7 Å². The number of hydrogen-bond acceptors (Lipinski definition) is 2. The second kappa shape index (κ2) is 8.66. The Labute approximate surface area is 162 Å². The van der Waals surface area contributed by atoms with Gasteiger partial charge in [-0.05, 0) is 63.0 Å². The second-order valence-electron chi connectivity index (χ2n) is 9.00. The van der Waals surface area contributed by atoms with Crippen LogP contribution in [0.1, 0.15) is 59.6 Å². The van der Waals surface area contributed by atoms with Crippen LogP contribution in [0.15, 0.2) is 24.3 Å². The summed E-state index contributed by atoms with van der Waals surface area (Å²) in [7, 11) is -2.93. The predicted octanol–water partition coefficient (Wildman–Crippen LogP) is 5.84. The smallest absolute Gasteiger partial charge is 0.191 e. The third-order valence-corrected chi connectivity index (χ3v) is 11.2. The highest BCUT2D eigenvalue weighted by molar-refractivity contribution is 7.84. The quantitative estimate of drug-likeness (QED) is 0.580. The fraction of sp³-hybridized carbons (Fsp3) is 0.684. The Kier molecular flexibility index (Phi) is 7.91. The van der Waals surface area contributed by atoms with Gasteiger partial charge in [0, 0.05) is 17.7 Å². The largest absolute Gasteiger partial charge is 0.417 e. The Morgan fingerprint density at radius 1 is 1.12 bits per heavy atom. The number of nitrogens with one attached hydrogen (secondary N) is 1. The van der Waals surface area contributed by atoms with Gasteiger partial charge in [-0.15, -0.1) is 0 Å². The monoisotopic (exact) mass is 403 g/mol. The first-order valence-corrected chi connectivity index (χ1v) is 13.2. The van der Waals surface area contributed by atoms with E-state index in [9.17, 15) is 4.21 Å². The molecule has 0 fully saturated rings. The van der Waals surface area contributed by atoms with Gasteiger partial charge in [0.25, 0.3) is 0 Å². The molecule has 0 heterocycles. The van der Waals surface area contributed by atoms with Crippen molar-refractivity contribution in [3.8, 4) is 0 Å². The molecule has 1 N–H and O–H groups in total. The van der Waals surface area contributed by atoms with E-state index < -0.39 is 19.3 Å². The lowest BCUT2D eigenvalue weighted by atomic mass is 10.1. The van der Waals surface area contributed by atoms with Gasteiger partial charge in [-0.1, -0.05) is 44.5 Å². The molecule has 0 aliphatic heterocycles. The molecule has 1 aromatic rings. The van der Waals surface area contributed by atoms with Gasteiger partial charge in [-0.25, -0.2) is 8.93 Å². The molecule has 0 aliphatic carbocycles. The van der Waals surface area contributed by atoms with Crippen LogP contribution in [-0.2, 0) is 15.4 Å². The topological polar surface area (TPSA) is 38.3 Å². The van der Waals surface area contributed by atoms with Crippen molar-refractivity contribution in [1.82, 2.24) is 4.72 Å². The van der Waals surface area contributed by atoms with Crippen molar-refractivity contribution in [2.75, 3.05) is 6.61 Å². The molecule has 1 aromatic carbocycles. The fourth-order valence-electron chi connectivity index (χ4n) is 1.94. The lowest BCUT2D eigenvalue weighted by Crippen LogP contribution is -2.42. The Balaban J connectivity index is 2.85. The van der Waals surface area contributed by atoms with E-state index in [4.69, 9.17) is 16.0 Å². The molecule has 6 heteroatoms. The summed E-state index contributed by atoms with van der Waals surface area (Å²) in [6.45, 7) is 17.8. The van der Waals surface area contributed by atoms with Gasteiger partial charge < -0.3 is 4.43 Å². The molecule has 1 rings (SSSR count). The van der Waals surface area contributed by atoms with E-state index in [1.54, 1.807) is 0 Å². The zero-order chi connectivity index (χ0) is 19.5. The van der Waals surface area contributed by atoms with Crippen LogP contribution >= 0.6 is 11.6 Å². The number of halogens is 1. The first-order chi connectivity index (χ1) is 11.2. The summed E-state index contributed by atoms with van der Waals surface area (Å²) in [6.07, 6.45) is 0.774. The van der Waals surface area contributed by atoms with E-state index >= 15 is 0 Å². The average molecular weight is 404 g/mol. The molecule has 0 saturated carbocycles. The Bertz CT molecular complexity index is 577. The van der Waals surface area contributed by atoms with Crippen LogP contribution in [0.2, 0.25) is 23.2 Å². The lowest BCUT2D eigenvalue weighted by molar-refractivity contribution is 0.269. The molecular weight excluding hydrogens is 370 g/mol. The first kappa shape index (κ1) is 22.8. The molecule has 0 aliphatic rings. The molecule has 0 saturated heterocycles. The summed E-state index contributed by atoms with van der Waals surface area (Å²) in [6, 6.07) is 7.71. The van der Waals surface area contributed by atoms with Crippen LogP contribution in [0.4, 0.5) is 0 Å². The standard InChI is InChI=1S/C19H34ClNO2SSi/c1-18(2,3)24(22)21-17(15-9-11-16(20)12-10-15)13-14-23-25(7,8)19(4,5)6/h9-12,17,21H,13-14H2,1-8H3/t17-,24+/m1/s1. The van der Waals surface area contributed by atoms with Gasteiger partial charge in [0.2, 0.25) is 0 Å². The zero-order valence-corrected chi connectivity index (χ0v) is 19.5. The van der Waals surface area contributed by atoms with Crippen molar-refractivity contribution in [2.24, 2.45) is 0 Å². The minimum Gasteiger partial charge on any atom is -0.417 e. The van der Waals surface area contributed by atoms with Crippen LogP contribution in [0.3, 0.4) is 0 Å². The van der Waals surface area contributed by atoms with Gasteiger partial charge in [-0.3, -0.25) is 0 Å². The van der Waals surface area contributed by atoms with Crippen molar-refractivity contribution < 1.29 is 8.63 Å². The minimum atomic E-state index is -1.78. The van der Waals surface area contributed by atoms with Gasteiger partial charge in [0.15, 0.2) is 8.32 Å². The van der Waals surface area contributed by atoms with Crippen LogP contribution in [0.25, 0.3) is 0 Å². The molecule has 25 heavy (non-hydrogen) atoms. The maximum absolute atomic E-state index is 12.6. The number of rotatable bonds is 7. The van der Waals surface area contributed by atoms with E-state index in [0.29, 0.717) is 11.6 Å². The van der Waals surface area contributed by atoms with Gasteiger partial charge in [-0.2, -0.15) is 0 Å². The molecule has 0 spiro atoms. The third-order valence-electron chi connectivity index (χ3n) is 4.75. The van der Waals surface area contributed by atoms with Gasteiger partial charge >= 0.3 is 0 Å². The minimum absolute atomic E-state index is 0.0258. The maximum Gasteiger partial charge on any atom is 0.191 e. The van der Waals surface area contributed by atoms with Crippen LogP contribution in [0.5, 0.6) is 0 Å². The predicted molar refractivity (Wildman–Crippen MR) is 113 cm³/mol. The van der Waals surface area contributed by atoms with Crippen LogP contribution in [0, 0.1) is 0 Å². The lowest BCUT2D eigenvalue weighted by Gasteiger charge is -2.36. The fourth-order valence-corrected chi connectivity index (χ4v) is 4.00. The highest BCUT2D eigenvalue weighted by Gasteiger charge is 2.37. The van der Waals surface area contributed by atoms with Crippen molar-refractivity contribution in [3.05, 3.63) is 34.9 Å². The molecule has 0 amide bonds. The summed E-state index contributed by atoms with van der Waals surface area (Å²) in [4.78, 5) is 0. The van der Waals surface area contributed by atoms with E-state index in [1.165, 1.54) is 0 Å². The second-order valence-corrected chi connectivity index (χ2v) is 16.2. The van der Waals surface area contributed by atoms with E-state index in [-0.39, 0.29) is 15.8 Å². The molecular formula is C19H34ClNO2SSi. The van der Waals surface area contributed by atoms with Crippen molar-refractivity contribution in [2.45, 2.75) is 76.9 Å². The summed E-state index contributed by atoms with van der Waals surface area (Å²) >= 11 is 6.01. The summed E-state index contributed by atoms with van der Waals surface area (Å²) < 4.78 is 21.9. The molecule has 0 radical (unpaired) electrons. The molecule has 3 nitrogen and oxygen atoms in total. The van der Waals surface area contributed by atoms with Crippen molar-refractivity contribution in [3.63, 3.8) is 0 Å². The molecule has 144 valence electrons. The Morgan fingerprint density at radius 2 is 1.64 bits per heavy atom. The first-order valence-electron chi connectivity index (χ1n) is 8.81. The normalized spacial score (nSPS) is 15.9. The van der Waals surface area contributed by atoms with E-state index in [2.05, 4.69) is 38.6 Å². The van der Waals surface area contributed by atoms with Crippen LogP contribution < -0.4 is 4.72 Å².